The third-order valence-electron chi connectivity index (χ3n) is 13.0. The zero-order valence-electron chi connectivity index (χ0n) is 42.8. The Kier molecular flexibility index (Phi) is 45.6. The molecule has 8 nitrogen and oxygen atoms in total. The maximum absolute atomic E-state index is 12.8. The van der Waals surface area contributed by atoms with Crippen molar-refractivity contribution < 1.29 is 38.2 Å². The van der Waals surface area contributed by atoms with Gasteiger partial charge in [0.05, 0.1) is 40.3 Å². The van der Waals surface area contributed by atoms with E-state index in [1.54, 1.807) is 0 Å². The topological polar surface area (TPSA) is 102 Å². The molecule has 2 unspecified atom stereocenters. The lowest BCUT2D eigenvalue weighted by atomic mass is 10.0. The van der Waals surface area contributed by atoms with Gasteiger partial charge in [0.2, 0.25) is 0 Å². The van der Waals surface area contributed by atoms with Gasteiger partial charge in [0.15, 0.2) is 6.10 Å². The molecule has 2 atom stereocenters. The SMILES string of the molecule is CCCCCCCCCCCCCCCCCCCCCCC(=O)OC(COCCC(C(=O)[O-])[N+](C)(C)C)COC(=O)CCCCCCCCCCCCCCCCCCCCC. The van der Waals surface area contributed by atoms with Gasteiger partial charge in [-0.25, -0.2) is 0 Å². The number of aliphatic carboxylic acids is 1. The number of unbranched alkanes of at least 4 members (excludes halogenated alkanes) is 37. The minimum atomic E-state index is -1.12. The number of carbonyl (C=O) groups is 3. The average molecular weight is 894 g/mol. The van der Waals surface area contributed by atoms with E-state index in [1.165, 1.54) is 212 Å². The molecule has 0 aromatic rings. The Balaban J connectivity index is 4.14. The number of hydrogen-bond acceptors (Lipinski definition) is 7. The summed E-state index contributed by atoms with van der Waals surface area (Å²) in [6.07, 6.45) is 51.4. The molecule has 0 bridgehead atoms. The molecule has 374 valence electrons. The summed E-state index contributed by atoms with van der Waals surface area (Å²) in [4.78, 5) is 37.1. The van der Waals surface area contributed by atoms with Crippen LogP contribution < -0.4 is 5.11 Å². The number of carbonyl (C=O) groups excluding carboxylic acids is 3. The molecular weight excluding hydrogens is 787 g/mol. The highest BCUT2D eigenvalue weighted by molar-refractivity contribution is 5.70. The third-order valence-corrected chi connectivity index (χ3v) is 13.0. The molecule has 8 heteroatoms. The van der Waals surface area contributed by atoms with E-state index >= 15 is 0 Å². The smallest absolute Gasteiger partial charge is 0.306 e. The molecule has 0 spiro atoms. The molecule has 0 aliphatic carbocycles. The van der Waals surface area contributed by atoms with Gasteiger partial charge in [-0.2, -0.15) is 0 Å². The van der Waals surface area contributed by atoms with E-state index in [4.69, 9.17) is 14.2 Å². The zero-order valence-corrected chi connectivity index (χ0v) is 42.8. The fourth-order valence-corrected chi connectivity index (χ4v) is 8.72. The maximum Gasteiger partial charge on any atom is 0.306 e. The van der Waals surface area contributed by atoms with Crippen LogP contribution in [0.2, 0.25) is 0 Å². The van der Waals surface area contributed by atoms with Gasteiger partial charge in [0.1, 0.15) is 12.6 Å². The second-order valence-electron chi connectivity index (χ2n) is 20.2. The summed E-state index contributed by atoms with van der Waals surface area (Å²) in [7, 11) is 5.44. The lowest BCUT2D eigenvalue weighted by molar-refractivity contribution is -0.889. The first-order valence-electron chi connectivity index (χ1n) is 27.6. The van der Waals surface area contributed by atoms with Crippen molar-refractivity contribution in [2.75, 3.05) is 41.0 Å². The molecular formula is C55H107NO7. The van der Waals surface area contributed by atoms with Crippen LogP contribution in [-0.4, -0.2) is 75.5 Å². The predicted molar refractivity (Wildman–Crippen MR) is 264 cm³/mol. The maximum atomic E-state index is 12.8. The van der Waals surface area contributed by atoms with E-state index in [2.05, 4.69) is 13.8 Å². The highest BCUT2D eigenvalue weighted by Gasteiger charge is 2.25. The van der Waals surface area contributed by atoms with Crippen LogP contribution in [0.25, 0.3) is 0 Å². The molecule has 63 heavy (non-hydrogen) atoms. The Morgan fingerprint density at radius 2 is 0.698 bits per heavy atom. The molecule has 0 rings (SSSR count). The molecule has 0 aliphatic rings. The van der Waals surface area contributed by atoms with E-state index < -0.39 is 18.1 Å². The monoisotopic (exact) mass is 894 g/mol. The first kappa shape index (κ1) is 61.3. The molecule has 0 aliphatic heterocycles. The Bertz CT molecular complexity index is 998. The van der Waals surface area contributed by atoms with Gasteiger partial charge in [0, 0.05) is 19.3 Å². The van der Waals surface area contributed by atoms with Crippen LogP contribution in [-0.2, 0) is 28.6 Å². The summed E-state index contributed by atoms with van der Waals surface area (Å²) < 4.78 is 17.3. The third kappa shape index (κ3) is 45.3. The van der Waals surface area contributed by atoms with Gasteiger partial charge in [-0.1, -0.05) is 251 Å². The van der Waals surface area contributed by atoms with Crippen molar-refractivity contribution in [2.45, 2.75) is 296 Å². The second kappa shape index (κ2) is 46.8. The van der Waals surface area contributed by atoms with Gasteiger partial charge >= 0.3 is 11.9 Å². The molecule has 0 saturated carbocycles. The summed E-state index contributed by atoms with van der Waals surface area (Å²) in [5.74, 6) is -1.70. The molecule has 0 aromatic carbocycles. The summed E-state index contributed by atoms with van der Waals surface area (Å²) in [6.45, 7) is 4.74. The quantitative estimate of drug-likeness (QED) is 0.0340. The molecule has 0 aromatic heterocycles. The molecule has 0 saturated heterocycles. The number of rotatable bonds is 51. The zero-order chi connectivity index (χ0) is 46.3. The van der Waals surface area contributed by atoms with Crippen LogP contribution in [0.5, 0.6) is 0 Å². The second-order valence-corrected chi connectivity index (χ2v) is 20.2. The summed E-state index contributed by atoms with van der Waals surface area (Å²) >= 11 is 0. The van der Waals surface area contributed by atoms with Crippen LogP contribution in [0.15, 0.2) is 0 Å². The first-order valence-corrected chi connectivity index (χ1v) is 27.6. The van der Waals surface area contributed by atoms with Crippen molar-refractivity contribution in [3.8, 4) is 0 Å². The van der Waals surface area contributed by atoms with E-state index in [1.807, 2.05) is 21.1 Å². The first-order chi connectivity index (χ1) is 30.6. The highest BCUT2D eigenvalue weighted by Crippen LogP contribution is 2.18. The minimum absolute atomic E-state index is 0.0500. The number of esters is 2. The van der Waals surface area contributed by atoms with E-state index in [0.717, 1.165) is 38.5 Å². The molecule has 0 amide bonds. The van der Waals surface area contributed by atoms with Crippen molar-refractivity contribution >= 4 is 17.9 Å². The lowest BCUT2D eigenvalue weighted by Crippen LogP contribution is -2.55. The number of carboxylic acid groups (broad SMARTS) is 1. The highest BCUT2D eigenvalue weighted by atomic mass is 16.6. The fraction of sp³-hybridized carbons (Fsp3) is 0.945. The molecule has 0 heterocycles. The van der Waals surface area contributed by atoms with Crippen molar-refractivity contribution in [3.05, 3.63) is 0 Å². The largest absolute Gasteiger partial charge is 0.544 e. The molecule has 0 N–H and O–H groups in total. The number of hydrogen-bond donors (Lipinski definition) is 0. The van der Waals surface area contributed by atoms with Crippen LogP contribution in [0.4, 0.5) is 0 Å². The summed E-state index contributed by atoms with van der Waals surface area (Å²) in [6, 6.07) is -0.720. The number of quaternary nitrogens is 1. The van der Waals surface area contributed by atoms with Crippen LogP contribution in [0.1, 0.15) is 284 Å². The number of nitrogens with zero attached hydrogens (tertiary/aromatic N) is 1. The Morgan fingerprint density at radius 1 is 0.413 bits per heavy atom. The van der Waals surface area contributed by atoms with Crippen LogP contribution in [0, 0.1) is 0 Å². The number of carboxylic acids is 1. The average Bonchev–Trinajstić information content (AvgIpc) is 3.24. The van der Waals surface area contributed by atoms with E-state index in [-0.39, 0.29) is 42.7 Å². The van der Waals surface area contributed by atoms with Crippen molar-refractivity contribution in [1.82, 2.24) is 0 Å². The van der Waals surface area contributed by atoms with Gasteiger partial charge in [-0.3, -0.25) is 9.59 Å². The van der Waals surface area contributed by atoms with Crippen molar-refractivity contribution in [3.63, 3.8) is 0 Å². The summed E-state index contributed by atoms with van der Waals surface area (Å²) in [5.41, 5.74) is 0. The van der Waals surface area contributed by atoms with Gasteiger partial charge < -0.3 is 28.6 Å². The van der Waals surface area contributed by atoms with E-state index in [9.17, 15) is 19.5 Å². The lowest BCUT2D eigenvalue weighted by Gasteiger charge is -2.34. The molecule has 0 fully saturated rings. The number of ether oxygens (including phenoxy) is 3. The Morgan fingerprint density at radius 3 is 0.984 bits per heavy atom. The van der Waals surface area contributed by atoms with Gasteiger partial charge in [-0.05, 0) is 12.8 Å². The van der Waals surface area contributed by atoms with Crippen molar-refractivity contribution in [2.24, 2.45) is 0 Å². The van der Waals surface area contributed by atoms with Crippen LogP contribution >= 0.6 is 0 Å². The minimum Gasteiger partial charge on any atom is -0.544 e. The Hall–Kier alpha value is -1.67. The van der Waals surface area contributed by atoms with E-state index in [0.29, 0.717) is 12.8 Å². The van der Waals surface area contributed by atoms with Crippen molar-refractivity contribution in [1.29, 1.82) is 0 Å². The predicted octanol–water partition coefficient (Wildman–Crippen LogP) is 14.7. The summed E-state index contributed by atoms with van der Waals surface area (Å²) in [5, 5.41) is 11.7. The standard InChI is InChI=1S/C55H107NO7/c1-6-8-10-12-14-16-18-20-22-24-26-28-30-32-34-36-38-40-42-44-46-54(58)63-51(49-61-48-47-52(55(59)60)56(3,4)5)50-62-53(57)45-43-41-39-37-35-33-31-29-27-25-23-21-19-17-15-13-11-9-7-2/h51-52H,6-50H2,1-5H3. The Labute approximate surface area is 391 Å². The van der Waals surface area contributed by atoms with Gasteiger partial charge in [-0.15, -0.1) is 0 Å². The molecule has 0 radical (unpaired) electrons. The number of likely N-dealkylation sites (N-methyl/N-ethyl adjacent to an activating group) is 1. The van der Waals surface area contributed by atoms with Gasteiger partial charge in [0.25, 0.3) is 0 Å². The van der Waals surface area contributed by atoms with Crippen LogP contribution in [0.3, 0.4) is 0 Å². The fourth-order valence-electron chi connectivity index (χ4n) is 8.72. The normalized spacial score (nSPS) is 12.7.